The van der Waals surface area contributed by atoms with Crippen LogP contribution in [0.4, 0.5) is 11.4 Å². The molecule has 0 saturated heterocycles. The summed E-state index contributed by atoms with van der Waals surface area (Å²) in [4.78, 5) is 6.27. The molecule has 4 nitrogen and oxygen atoms in total. The zero-order valence-corrected chi connectivity index (χ0v) is 12.4. The summed E-state index contributed by atoms with van der Waals surface area (Å²) < 4.78 is 5.18. The lowest BCUT2D eigenvalue weighted by molar-refractivity contribution is 0.414. The molecule has 2 aromatic rings. The lowest BCUT2D eigenvalue weighted by Gasteiger charge is -2.21. The van der Waals surface area contributed by atoms with E-state index in [1.54, 1.807) is 13.3 Å². The Labute approximate surface area is 120 Å². The van der Waals surface area contributed by atoms with Gasteiger partial charge in [0.2, 0.25) is 0 Å². The van der Waals surface area contributed by atoms with E-state index in [2.05, 4.69) is 34.3 Å². The Morgan fingerprint density at radius 1 is 1.15 bits per heavy atom. The molecule has 1 atom stereocenters. The van der Waals surface area contributed by atoms with E-state index in [0.29, 0.717) is 0 Å². The Hall–Kier alpha value is -2.23. The van der Waals surface area contributed by atoms with Crippen LogP contribution in [0.3, 0.4) is 0 Å². The van der Waals surface area contributed by atoms with Crippen molar-refractivity contribution in [2.75, 3.05) is 31.4 Å². The first-order valence-electron chi connectivity index (χ1n) is 6.63. The third-order valence-electron chi connectivity index (χ3n) is 3.27. The molecule has 4 heteroatoms. The topological polar surface area (TPSA) is 37.4 Å². The number of nitrogens with zero attached hydrogens (tertiary/aromatic N) is 2. The van der Waals surface area contributed by atoms with E-state index in [9.17, 15) is 0 Å². The molecule has 0 spiro atoms. The number of aromatic nitrogens is 1. The normalized spacial score (nSPS) is 11.8. The second-order valence-electron chi connectivity index (χ2n) is 4.93. The van der Waals surface area contributed by atoms with E-state index in [0.717, 1.165) is 17.1 Å². The van der Waals surface area contributed by atoms with E-state index in [4.69, 9.17) is 4.74 Å². The van der Waals surface area contributed by atoms with Gasteiger partial charge in [-0.1, -0.05) is 12.1 Å². The highest BCUT2D eigenvalue weighted by Gasteiger charge is 2.09. The Kier molecular flexibility index (Phi) is 4.45. The smallest absolute Gasteiger partial charge is 0.118 e. The molecule has 0 bridgehead atoms. The van der Waals surface area contributed by atoms with Gasteiger partial charge in [-0.15, -0.1) is 0 Å². The van der Waals surface area contributed by atoms with Crippen molar-refractivity contribution >= 4 is 11.4 Å². The Bertz CT molecular complexity index is 552. The van der Waals surface area contributed by atoms with Crippen LogP contribution in [0.2, 0.25) is 0 Å². The van der Waals surface area contributed by atoms with Gasteiger partial charge in [-0.3, -0.25) is 4.98 Å². The van der Waals surface area contributed by atoms with Gasteiger partial charge >= 0.3 is 0 Å². The highest BCUT2D eigenvalue weighted by molar-refractivity contribution is 5.68. The van der Waals surface area contributed by atoms with Crippen molar-refractivity contribution in [2.45, 2.75) is 13.0 Å². The van der Waals surface area contributed by atoms with Crippen LogP contribution >= 0.6 is 0 Å². The molecule has 2 rings (SSSR count). The number of nitrogens with one attached hydrogen (secondary N) is 1. The van der Waals surface area contributed by atoms with Gasteiger partial charge in [0.05, 0.1) is 24.7 Å². The van der Waals surface area contributed by atoms with Gasteiger partial charge in [-0.05, 0) is 30.7 Å². The van der Waals surface area contributed by atoms with Gasteiger partial charge in [-0.25, -0.2) is 0 Å². The molecule has 0 aliphatic carbocycles. The van der Waals surface area contributed by atoms with Crippen molar-refractivity contribution in [1.29, 1.82) is 0 Å². The maximum absolute atomic E-state index is 5.18. The third kappa shape index (κ3) is 3.20. The number of pyridine rings is 1. The van der Waals surface area contributed by atoms with Crippen molar-refractivity contribution in [3.8, 4) is 5.75 Å². The summed E-state index contributed by atoms with van der Waals surface area (Å²) in [5.41, 5.74) is 3.36. The predicted molar refractivity (Wildman–Crippen MR) is 83.6 cm³/mol. The van der Waals surface area contributed by atoms with Gasteiger partial charge in [0, 0.05) is 26.3 Å². The minimum Gasteiger partial charge on any atom is -0.497 e. The number of rotatable bonds is 5. The van der Waals surface area contributed by atoms with Gasteiger partial charge < -0.3 is 15.0 Å². The van der Waals surface area contributed by atoms with Crippen LogP contribution < -0.4 is 15.0 Å². The fraction of sp³-hybridized carbons (Fsp3) is 0.312. The first-order chi connectivity index (χ1) is 9.61. The number of methoxy groups -OCH3 is 1. The van der Waals surface area contributed by atoms with Crippen LogP contribution in [0, 0.1) is 0 Å². The molecule has 1 aromatic carbocycles. The molecular formula is C16H21N3O. The zero-order valence-electron chi connectivity index (χ0n) is 12.4. The number of hydrogen-bond acceptors (Lipinski definition) is 4. The lowest BCUT2D eigenvalue weighted by atomic mass is 10.1. The monoisotopic (exact) mass is 271 g/mol. The number of anilines is 2. The minimum absolute atomic E-state index is 0.198. The Morgan fingerprint density at radius 3 is 2.45 bits per heavy atom. The fourth-order valence-corrected chi connectivity index (χ4v) is 2.10. The number of ether oxygens (including phenoxy) is 1. The maximum atomic E-state index is 5.18. The zero-order chi connectivity index (χ0) is 14.5. The average molecular weight is 271 g/mol. The second kappa shape index (κ2) is 6.28. The largest absolute Gasteiger partial charge is 0.497 e. The van der Waals surface area contributed by atoms with Gasteiger partial charge in [0.25, 0.3) is 0 Å². The highest BCUT2D eigenvalue weighted by atomic mass is 16.5. The van der Waals surface area contributed by atoms with Crippen LogP contribution in [-0.2, 0) is 0 Å². The van der Waals surface area contributed by atoms with Crippen molar-refractivity contribution in [3.63, 3.8) is 0 Å². The predicted octanol–water partition coefficient (Wildman–Crippen LogP) is 3.33. The SMILES string of the molecule is COc1ccc(C(C)Nc2cnccc2N(C)C)cc1. The molecule has 0 saturated carbocycles. The molecule has 0 amide bonds. The fourth-order valence-electron chi connectivity index (χ4n) is 2.10. The summed E-state index contributed by atoms with van der Waals surface area (Å²) in [6.07, 6.45) is 3.66. The molecule has 0 radical (unpaired) electrons. The molecule has 1 aromatic heterocycles. The highest BCUT2D eigenvalue weighted by Crippen LogP contribution is 2.27. The van der Waals surface area contributed by atoms with Crippen molar-refractivity contribution in [2.24, 2.45) is 0 Å². The molecule has 0 fully saturated rings. The average Bonchev–Trinajstić information content (AvgIpc) is 2.47. The molecule has 0 aliphatic rings. The summed E-state index contributed by atoms with van der Waals surface area (Å²) in [5, 5.41) is 3.50. The quantitative estimate of drug-likeness (QED) is 0.905. The van der Waals surface area contributed by atoms with Gasteiger partial charge in [-0.2, -0.15) is 0 Å². The third-order valence-corrected chi connectivity index (χ3v) is 3.27. The lowest BCUT2D eigenvalue weighted by Crippen LogP contribution is -2.14. The molecular weight excluding hydrogens is 250 g/mol. The van der Waals surface area contributed by atoms with E-state index < -0.39 is 0 Å². The van der Waals surface area contributed by atoms with Gasteiger partial charge in [0.15, 0.2) is 0 Å². The second-order valence-corrected chi connectivity index (χ2v) is 4.93. The molecule has 1 N–H and O–H groups in total. The summed E-state index contributed by atoms with van der Waals surface area (Å²) in [7, 11) is 5.73. The molecule has 20 heavy (non-hydrogen) atoms. The van der Waals surface area contributed by atoms with Crippen molar-refractivity contribution in [3.05, 3.63) is 48.3 Å². The molecule has 1 heterocycles. The summed E-state index contributed by atoms with van der Waals surface area (Å²) in [6, 6.07) is 10.3. The van der Waals surface area contributed by atoms with Crippen molar-refractivity contribution < 1.29 is 4.74 Å². The standard InChI is InChI=1S/C16H21N3O/c1-12(13-5-7-14(20-4)8-6-13)18-15-11-17-10-9-16(15)19(2)3/h5-12,18H,1-4H3. The number of hydrogen-bond donors (Lipinski definition) is 1. The molecule has 1 unspecified atom stereocenters. The van der Waals surface area contributed by atoms with Crippen LogP contribution in [-0.4, -0.2) is 26.2 Å². The van der Waals surface area contributed by atoms with Gasteiger partial charge in [0.1, 0.15) is 5.75 Å². The van der Waals surface area contributed by atoms with Crippen LogP contribution in [0.15, 0.2) is 42.7 Å². The van der Waals surface area contributed by atoms with E-state index >= 15 is 0 Å². The maximum Gasteiger partial charge on any atom is 0.118 e. The van der Waals surface area contributed by atoms with Crippen LogP contribution in [0.25, 0.3) is 0 Å². The molecule has 0 aliphatic heterocycles. The van der Waals surface area contributed by atoms with E-state index in [1.807, 2.05) is 38.5 Å². The first-order valence-corrected chi connectivity index (χ1v) is 6.63. The Morgan fingerprint density at radius 2 is 1.85 bits per heavy atom. The summed E-state index contributed by atoms with van der Waals surface area (Å²) >= 11 is 0. The van der Waals surface area contributed by atoms with Crippen molar-refractivity contribution in [1.82, 2.24) is 4.98 Å². The summed E-state index contributed by atoms with van der Waals surface area (Å²) in [6.45, 7) is 2.13. The van der Waals surface area contributed by atoms with E-state index in [1.165, 1.54) is 5.56 Å². The van der Waals surface area contributed by atoms with E-state index in [-0.39, 0.29) is 6.04 Å². The number of benzene rings is 1. The molecule has 106 valence electrons. The summed E-state index contributed by atoms with van der Waals surface area (Å²) in [5.74, 6) is 0.872. The van der Waals surface area contributed by atoms with Crippen LogP contribution in [0.5, 0.6) is 5.75 Å². The Balaban J connectivity index is 2.16. The minimum atomic E-state index is 0.198. The van der Waals surface area contributed by atoms with Crippen LogP contribution in [0.1, 0.15) is 18.5 Å². The first kappa shape index (κ1) is 14.2.